The van der Waals surface area contributed by atoms with Gasteiger partial charge in [-0.2, -0.15) is 13.2 Å². The molecule has 0 spiro atoms. The number of carbonyl (C=O) groups is 7. The average molecular weight is 645 g/mol. The van der Waals surface area contributed by atoms with Gasteiger partial charge in [0.05, 0.1) is 25.6 Å². The van der Waals surface area contributed by atoms with Gasteiger partial charge in [0.15, 0.2) is 5.96 Å². The first-order chi connectivity index (χ1) is 20.3. The van der Waals surface area contributed by atoms with E-state index in [1.165, 1.54) is 0 Å². The minimum absolute atomic E-state index is 0.105. The van der Waals surface area contributed by atoms with Gasteiger partial charge in [-0.1, -0.05) is 0 Å². The molecule has 0 aromatic rings. The fourth-order valence-corrected chi connectivity index (χ4v) is 3.52. The second-order valence-electron chi connectivity index (χ2n) is 9.07. The molecule has 0 saturated carbocycles. The van der Waals surface area contributed by atoms with Gasteiger partial charge in [0.1, 0.15) is 18.1 Å². The van der Waals surface area contributed by atoms with E-state index in [4.69, 9.17) is 32.2 Å². The fraction of sp³-hybridized carbons (Fsp3) is 0.636. The molecule has 1 heterocycles. The number of likely N-dealkylation sites (tertiary alicyclic amines) is 1. The van der Waals surface area contributed by atoms with Crippen LogP contribution in [-0.4, -0.2) is 129 Å². The summed E-state index contributed by atoms with van der Waals surface area (Å²) in [5.74, 6) is -9.11. The summed E-state index contributed by atoms with van der Waals surface area (Å²) in [6, 6.07) is -5.31. The fourth-order valence-electron chi connectivity index (χ4n) is 3.52. The summed E-state index contributed by atoms with van der Waals surface area (Å²) in [5, 5.41) is 41.6. The molecule has 4 amide bonds. The molecule has 1 rings (SSSR count). The van der Waals surface area contributed by atoms with E-state index in [0.717, 1.165) is 4.90 Å². The summed E-state index contributed by atoms with van der Waals surface area (Å²) in [5.41, 5.74) is 16.1. The van der Waals surface area contributed by atoms with Crippen LogP contribution in [0.15, 0.2) is 4.99 Å². The number of carbonyl (C=O) groups excluding carboxylic acids is 4. The Bertz CT molecular complexity index is 1090. The van der Waals surface area contributed by atoms with Gasteiger partial charge in [0.25, 0.3) is 0 Å². The number of aliphatic hydroxyl groups excluding tert-OH is 1. The molecule has 0 aromatic carbocycles. The zero-order valence-corrected chi connectivity index (χ0v) is 23.1. The van der Waals surface area contributed by atoms with Crippen molar-refractivity contribution in [2.75, 3.05) is 26.2 Å². The van der Waals surface area contributed by atoms with Crippen molar-refractivity contribution in [2.24, 2.45) is 22.2 Å². The highest BCUT2D eigenvalue weighted by atomic mass is 19.4. The largest absolute Gasteiger partial charge is 0.490 e. The lowest BCUT2D eigenvalue weighted by molar-refractivity contribution is -0.192. The number of halogens is 3. The van der Waals surface area contributed by atoms with Crippen LogP contribution in [0.25, 0.3) is 0 Å². The van der Waals surface area contributed by atoms with E-state index < -0.39 is 91.5 Å². The highest BCUT2D eigenvalue weighted by molar-refractivity contribution is 5.96. The predicted octanol–water partition coefficient (Wildman–Crippen LogP) is -4.37. The Morgan fingerprint density at radius 2 is 1.57 bits per heavy atom. The first kappa shape index (κ1) is 39.3. The normalized spacial score (nSPS) is 16.2. The third-order valence-corrected chi connectivity index (χ3v) is 5.62. The van der Waals surface area contributed by atoms with Gasteiger partial charge in [0.2, 0.25) is 23.6 Å². The Morgan fingerprint density at radius 3 is 2.05 bits per heavy atom. The summed E-state index contributed by atoms with van der Waals surface area (Å²) in [7, 11) is 0. The van der Waals surface area contributed by atoms with Crippen LogP contribution in [0.1, 0.15) is 32.1 Å². The molecule has 0 aromatic heterocycles. The monoisotopic (exact) mass is 644 g/mol. The number of aliphatic imine (C=N–C) groups is 1. The van der Waals surface area contributed by atoms with Crippen molar-refractivity contribution in [1.29, 1.82) is 0 Å². The topological polar surface area (TPSA) is 330 Å². The maximum Gasteiger partial charge on any atom is 0.490 e. The number of nitrogens with zero attached hydrogens (tertiary/aromatic N) is 2. The Morgan fingerprint density at radius 1 is 0.977 bits per heavy atom. The molecule has 0 unspecified atom stereocenters. The van der Waals surface area contributed by atoms with Gasteiger partial charge < -0.3 is 58.5 Å². The quantitative estimate of drug-likeness (QED) is 0.0457. The maximum absolute atomic E-state index is 12.7. The van der Waals surface area contributed by atoms with Crippen LogP contribution < -0.4 is 33.2 Å². The number of carboxylic acids is 3. The highest BCUT2D eigenvalue weighted by Crippen LogP contribution is 2.18. The molecule has 1 fully saturated rings. The zero-order chi connectivity index (χ0) is 34.2. The number of nitrogens with two attached hydrogens (primary N) is 3. The van der Waals surface area contributed by atoms with Crippen molar-refractivity contribution in [3.05, 3.63) is 0 Å². The molecular formula is C22H35F3N8O11. The molecule has 13 N–H and O–H groups in total. The van der Waals surface area contributed by atoms with E-state index in [0.29, 0.717) is 12.8 Å². The van der Waals surface area contributed by atoms with Crippen LogP contribution in [0.4, 0.5) is 13.2 Å². The van der Waals surface area contributed by atoms with Crippen LogP contribution in [0.2, 0.25) is 0 Å². The van der Waals surface area contributed by atoms with Crippen molar-refractivity contribution in [3.63, 3.8) is 0 Å². The van der Waals surface area contributed by atoms with E-state index in [1.54, 1.807) is 0 Å². The van der Waals surface area contributed by atoms with E-state index in [-0.39, 0.29) is 31.9 Å². The van der Waals surface area contributed by atoms with Crippen molar-refractivity contribution in [2.45, 2.75) is 62.4 Å². The molecule has 1 aliphatic heterocycles. The number of aliphatic carboxylic acids is 3. The second-order valence-corrected chi connectivity index (χ2v) is 9.07. The summed E-state index contributed by atoms with van der Waals surface area (Å²) < 4.78 is 31.7. The van der Waals surface area contributed by atoms with E-state index in [1.807, 2.05) is 0 Å². The predicted molar refractivity (Wildman–Crippen MR) is 140 cm³/mol. The summed E-state index contributed by atoms with van der Waals surface area (Å²) in [4.78, 5) is 85.8. The van der Waals surface area contributed by atoms with E-state index in [9.17, 15) is 52.2 Å². The molecule has 0 bridgehead atoms. The minimum atomic E-state index is -5.08. The van der Waals surface area contributed by atoms with Crippen LogP contribution >= 0.6 is 0 Å². The van der Waals surface area contributed by atoms with Crippen LogP contribution in [-0.2, 0) is 33.6 Å². The third-order valence-electron chi connectivity index (χ3n) is 5.62. The summed E-state index contributed by atoms with van der Waals surface area (Å²) in [6.07, 6.45) is -4.72. The van der Waals surface area contributed by atoms with Gasteiger partial charge in [0, 0.05) is 13.1 Å². The minimum Gasteiger partial charge on any atom is -0.481 e. The van der Waals surface area contributed by atoms with Gasteiger partial charge >= 0.3 is 24.1 Å². The zero-order valence-electron chi connectivity index (χ0n) is 23.1. The number of guanidine groups is 1. The summed E-state index contributed by atoms with van der Waals surface area (Å²) in [6.45, 7) is -1.16. The average Bonchev–Trinajstić information content (AvgIpc) is 3.41. The molecule has 1 saturated heterocycles. The Labute approximate surface area is 247 Å². The molecule has 250 valence electrons. The number of carboxylic acid groups (broad SMARTS) is 3. The second kappa shape index (κ2) is 18.7. The third kappa shape index (κ3) is 14.9. The SMILES string of the molecule is NC(N)=NCCC[C@H](N)C(=O)NCC(=O)N[C@@H](CC(=O)O)C(=O)N[C@@H](CO)C(=O)N1CCC[C@H]1C(=O)O.O=C(O)C(F)(F)F. The van der Waals surface area contributed by atoms with Crippen molar-refractivity contribution in [1.82, 2.24) is 20.9 Å². The molecular weight excluding hydrogens is 609 g/mol. The van der Waals surface area contributed by atoms with Gasteiger partial charge in [-0.05, 0) is 25.7 Å². The molecule has 0 aliphatic carbocycles. The molecule has 19 nitrogen and oxygen atoms in total. The number of rotatable bonds is 15. The Hall–Kier alpha value is -4.73. The number of hydrogen-bond donors (Lipinski definition) is 10. The van der Waals surface area contributed by atoms with Gasteiger partial charge in [-0.25, -0.2) is 9.59 Å². The molecule has 4 atom stereocenters. The molecule has 1 aliphatic rings. The number of alkyl halides is 3. The van der Waals surface area contributed by atoms with Crippen molar-refractivity contribution >= 4 is 47.5 Å². The van der Waals surface area contributed by atoms with Crippen LogP contribution in [0.3, 0.4) is 0 Å². The Kier molecular flexibility index (Phi) is 16.7. The molecule has 0 radical (unpaired) electrons. The number of hydrogen-bond acceptors (Lipinski definition) is 10. The first-order valence-electron chi connectivity index (χ1n) is 12.7. The number of nitrogens with one attached hydrogen (secondary N) is 3. The summed E-state index contributed by atoms with van der Waals surface area (Å²) >= 11 is 0. The lowest BCUT2D eigenvalue weighted by atomic mass is 10.1. The van der Waals surface area contributed by atoms with Crippen LogP contribution in [0, 0.1) is 0 Å². The first-order valence-corrected chi connectivity index (χ1v) is 12.7. The van der Waals surface area contributed by atoms with Gasteiger partial charge in [-0.15, -0.1) is 0 Å². The Balaban J connectivity index is 0.00000234. The lowest BCUT2D eigenvalue weighted by Gasteiger charge is -2.27. The lowest BCUT2D eigenvalue weighted by Crippen LogP contribution is -2.58. The highest BCUT2D eigenvalue weighted by Gasteiger charge is 2.39. The number of aliphatic hydroxyl groups is 1. The van der Waals surface area contributed by atoms with E-state index >= 15 is 0 Å². The maximum atomic E-state index is 12.7. The van der Waals surface area contributed by atoms with Crippen LogP contribution in [0.5, 0.6) is 0 Å². The van der Waals surface area contributed by atoms with Crippen molar-refractivity contribution in [3.8, 4) is 0 Å². The number of amides is 4. The standard InChI is InChI=1S/C20H34N8O9.C2HF3O2/c21-10(3-1-5-24-20(22)23)16(33)25-8-14(30)26-11(7-15(31)32)17(34)27-12(9-29)18(35)28-6-2-4-13(28)19(36)37;3-2(4,5)1(6)7/h10-13,29H,1-9,21H2,(H,25,33)(H,26,30)(H,27,34)(H,31,32)(H,36,37)(H4,22,23,24);(H,6,7)/t10-,11-,12-,13-;/m0./s1. The van der Waals surface area contributed by atoms with Gasteiger partial charge in [-0.3, -0.25) is 29.0 Å². The molecule has 22 heteroatoms. The smallest absolute Gasteiger partial charge is 0.481 e. The van der Waals surface area contributed by atoms with Crippen molar-refractivity contribution < 1.29 is 67.2 Å². The van der Waals surface area contributed by atoms with E-state index in [2.05, 4.69) is 20.9 Å². The molecule has 44 heavy (non-hydrogen) atoms.